The van der Waals surface area contributed by atoms with Crippen LogP contribution in [-0.2, 0) is 9.59 Å². The van der Waals surface area contributed by atoms with Gasteiger partial charge in [-0.1, -0.05) is 0 Å². The van der Waals surface area contributed by atoms with Gasteiger partial charge in [-0.15, -0.1) is 0 Å². The Hall–Kier alpha value is -3.22. The molecule has 0 saturated heterocycles. The molecule has 0 spiro atoms. The number of nitrogens with one attached hydrogen (secondary N) is 1. The number of benzene rings is 2. The molecule has 1 aliphatic rings. The minimum atomic E-state index is -0.548. The second kappa shape index (κ2) is 7.57. The van der Waals surface area contributed by atoms with Crippen molar-refractivity contribution in [2.75, 3.05) is 25.1 Å². The molecule has 0 radical (unpaired) electrons. The summed E-state index contributed by atoms with van der Waals surface area (Å²) in [6.07, 6.45) is 0. The van der Waals surface area contributed by atoms with Gasteiger partial charge in [-0.05, 0) is 43.3 Å². The van der Waals surface area contributed by atoms with Crippen LogP contribution in [0.3, 0.4) is 0 Å². The fraction of sp³-hybridized carbons (Fsp3) is 0.222. The van der Waals surface area contributed by atoms with Crippen molar-refractivity contribution in [2.45, 2.75) is 6.92 Å². The molecule has 1 N–H and O–H groups in total. The van der Waals surface area contributed by atoms with Gasteiger partial charge in [-0.2, -0.15) is 0 Å². The summed E-state index contributed by atoms with van der Waals surface area (Å²) in [4.78, 5) is 23.1. The average molecular weight is 343 g/mol. The zero-order valence-electron chi connectivity index (χ0n) is 13.6. The SMILES string of the molecule is CCOc1ccc(OCC(=O)Oc2ccc3c(c2)OCC(=O)N3)cc1. The predicted molar refractivity (Wildman–Crippen MR) is 89.3 cm³/mol. The van der Waals surface area contributed by atoms with Crippen molar-refractivity contribution in [3.63, 3.8) is 0 Å². The lowest BCUT2D eigenvalue weighted by Crippen LogP contribution is -2.25. The van der Waals surface area contributed by atoms with Gasteiger partial charge in [0.25, 0.3) is 5.91 Å². The molecule has 1 amide bonds. The van der Waals surface area contributed by atoms with E-state index in [4.69, 9.17) is 18.9 Å². The molecule has 0 saturated carbocycles. The highest BCUT2D eigenvalue weighted by Gasteiger charge is 2.17. The molecule has 0 atom stereocenters. The van der Waals surface area contributed by atoms with Crippen LogP contribution in [0.2, 0.25) is 0 Å². The molecular formula is C18H17NO6. The number of fused-ring (bicyclic) bond motifs is 1. The van der Waals surface area contributed by atoms with Crippen molar-refractivity contribution in [1.82, 2.24) is 0 Å². The Morgan fingerprint density at radius 3 is 2.48 bits per heavy atom. The molecule has 0 fully saturated rings. The Balaban J connectivity index is 1.53. The van der Waals surface area contributed by atoms with E-state index in [0.29, 0.717) is 29.5 Å². The van der Waals surface area contributed by atoms with Gasteiger partial charge in [0.05, 0.1) is 12.3 Å². The second-order valence-electron chi connectivity index (χ2n) is 5.16. The van der Waals surface area contributed by atoms with Gasteiger partial charge < -0.3 is 24.3 Å². The highest BCUT2D eigenvalue weighted by Crippen LogP contribution is 2.31. The molecule has 7 nitrogen and oxygen atoms in total. The van der Waals surface area contributed by atoms with E-state index in [2.05, 4.69) is 5.32 Å². The first kappa shape index (κ1) is 16.6. The number of rotatable bonds is 6. The first-order chi connectivity index (χ1) is 12.1. The number of esters is 1. The van der Waals surface area contributed by atoms with Gasteiger partial charge in [-0.25, -0.2) is 4.79 Å². The number of ether oxygens (including phenoxy) is 4. The van der Waals surface area contributed by atoms with E-state index in [1.165, 1.54) is 0 Å². The van der Waals surface area contributed by atoms with Crippen LogP contribution in [0, 0.1) is 0 Å². The topological polar surface area (TPSA) is 83.1 Å². The van der Waals surface area contributed by atoms with Crippen molar-refractivity contribution in [2.24, 2.45) is 0 Å². The van der Waals surface area contributed by atoms with Crippen LogP contribution >= 0.6 is 0 Å². The number of carbonyl (C=O) groups is 2. The van der Waals surface area contributed by atoms with Gasteiger partial charge in [0.1, 0.15) is 23.0 Å². The molecule has 2 aromatic rings. The molecule has 0 bridgehead atoms. The van der Waals surface area contributed by atoms with E-state index in [1.54, 1.807) is 42.5 Å². The van der Waals surface area contributed by atoms with Crippen LogP contribution in [0.5, 0.6) is 23.0 Å². The minimum Gasteiger partial charge on any atom is -0.494 e. The summed E-state index contributed by atoms with van der Waals surface area (Å²) in [6.45, 7) is 2.19. The number of amides is 1. The maximum atomic E-state index is 11.9. The van der Waals surface area contributed by atoms with Crippen LogP contribution in [0.1, 0.15) is 6.92 Å². The zero-order valence-corrected chi connectivity index (χ0v) is 13.6. The smallest absolute Gasteiger partial charge is 0.349 e. The van der Waals surface area contributed by atoms with E-state index in [0.717, 1.165) is 5.75 Å². The third-order valence-corrected chi connectivity index (χ3v) is 3.31. The summed E-state index contributed by atoms with van der Waals surface area (Å²) in [5.41, 5.74) is 0.543. The molecule has 0 unspecified atom stereocenters. The Kier molecular flexibility index (Phi) is 5.03. The summed E-state index contributed by atoms with van der Waals surface area (Å²) in [5.74, 6) is 1.28. The summed E-state index contributed by atoms with van der Waals surface area (Å²) >= 11 is 0. The molecular weight excluding hydrogens is 326 g/mol. The largest absolute Gasteiger partial charge is 0.494 e. The van der Waals surface area contributed by atoms with E-state index in [1.807, 2.05) is 6.92 Å². The average Bonchev–Trinajstić information content (AvgIpc) is 2.61. The monoisotopic (exact) mass is 343 g/mol. The fourth-order valence-corrected chi connectivity index (χ4v) is 2.22. The Bertz CT molecular complexity index is 772. The summed E-state index contributed by atoms with van der Waals surface area (Å²) in [6, 6.07) is 11.7. The number of carbonyl (C=O) groups excluding carboxylic acids is 2. The Morgan fingerprint density at radius 1 is 1.08 bits per heavy atom. The van der Waals surface area contributed by atoms with Crippen LogP contribution < -0.4 is 24.3 Å². The van der Waals surface area contributed by atoms with Crippen LogP contribution in [0.4, 0.5) is 5.69 Å². The van der Waals surface area contributed by atoms with Crippen molar-refractivity contribution in [3.8, 4) is 23.0 Å². The van der Waals surface area contributed by atoms with E-state index in [9.17, 15) is 9.59 Å². The van der Waals surface area contributed by atoms with E-state index >= 15 is 0 Å². The quantitative estimate of drug-likeness (QED) is 0.641. The van der Waals surface area contributed by atoms with Crippen molar-refractivity contribution in [3.05, 3.63) is 42.5 Å². The molecule has 1 heterocycles. The molecule has 7 heteroatoms. The highest BCUT2D eigenvalue weighted by atomic mass is 16.6. The molecule has 25 heavy (non-hydrogen) atoms. The lowest BCUT2D eigenvalue weighted by atomic mass is 10.2. The molecule has 0 aliphatic carbocycles. The Morgan fingerprint density at radius 2 is 1.76 bits per heavy atom. The maximum absolute atomic E-state index is 11.9. The first-order valence-electron chi connectivity index (χ1n) is 7.77. The van der Waals surface area contributed by atoms with Crippen molar-refractivity contribution in [1.29, 1.82) is 0 Å². The Labute approximate surface area is 144 Å². The number of anilines is 1. The number of hydrogen-bond donors (Lipinski definition) is 1. The van der Waals surface area contributed by atoms with Gasteiger partial charge in [0.2, 0.25) is 0 Å². The normalized spacial score (nSPS) is 12.4. The molecule has 0 aromatic heterocycles. The van der Waals surface area contributed by atoms with E-state index in [-0.39, 0.29) is 19.1 Å². The summed E-state index contributed by atoms with van der Waals surface area (Å²) in [5, 5.41) is 2.66. The summed E-state index contributed by atoms with van der Waals surface area (Å²) < 4.78 is 21.2. The third-order valence-electron chi connectivity index (χ3n) is 3.31. The second-order valence-corrected chi connectivity index (χ2v) is 5.16. The third kappa shape index (κ3) is 4.41. The van der Waals surface area contributed by atoms with Crippen LogP contribution in [0.15, 0.2) is 42.5 Å². The lowest BCUT2D eigenvalue weighted by Gasteiger charge is -2.18. The van der Waals surface area contributed by atoms with Gasteiger partial charge in [-0.3, -0.25) is 4.79 Å². The molecule has 130 valence electrons. The molecule has 3 rings (SSSR count). The predicted octanol–water partition coefficient (Wildman–Crippen LogP) is 2.40. The van der Waals surface area contributed by atoms with Gasteiger partial charge >= 0.3 is 5.97 Å². The minimum absolute atomic E-state index is 0.0642. The first-order valence-corrected chi connectivity index (χ1v) is 7.77. The van der Waals surface area contributed by atoms with Gasteiger partial charge in [0, 0.05) is 6.07 Å². The zero-order chi connectivity index (χ0) is 17.6. The van der Waals surface area contributed by atoms with Gasteiger partial charge in [0.15, 0.2) is 13.2 Å². The maximum Gasteiger partial charge on any atom is 0.349 e. The molecule has 2 aromatic carbocycles. The summed E-state index contributed by atoms with van der Waals surface area (Å²) in [7, 11) is 0. The highest BCUT2D eigenvalue weighted by molar-refractivity contribution is 5.95. The molecule has 1 aliphatic heterocycles. The van der Waals surface area contributed by atoms with Crippen molar-refractivity contribution < 1.29 is 28.5 Å². The van der Waals surface area contributed by atoms with Crippen LogP contribution in [-0.4, -0.2) is 31.7 Å². The van der Waals surface area contributed by atoms with Crippen molar-refractivity contribution >= 4 is 17.6 Å². The number of hydrogen-bond acceptors (Lipinski definition) is 6. The standard InChI is InChI=1S/C18H17NO6/c1-2-22-12-3-5-13(6-4-12)23-11-18(21)25-14-7-8-15-16(9-14)24-10-17(20)19-15/h3-9H,2,10-11H2,1H3,(H,19,20). The lowest BCUT2D eigenvalue weighted by molar-refractivity contribution is -0.136. The fourth-order valence-electron chi connectivity index (χ4n) is 2.22. The van der Waals surface area contributed by atoms with Crippen LogP contribution in [0.25, 0.3) is 0 Å². The van der Waals surface area contributed by atoms with E-state index < -0.39 is 5.97 Å².